The first kappa shape index (κ1) is 24.6. The van der Waals surface area contributed by atoms with Crippen LogP contribution in [0.4, 0.5) is 10.5 Å². The number of aliphatic imine (C=N–C) groups is 1. The van der Waals surface area contributed by atoms with E-state index in [9.17, 15) is 14.7 Å². The Morgan fingerprint density at radius 1 is 1.17 bits per heavy atom. The number of carbonyl (C=O) groups excluding carboxylic acids is 1. The molecule has 2 aromatic carbocycles. The molecule has 2 N–H and O–H groups in total. The lowest BCUT2D eigenvalue weighted by molar-refractivity contribution is 0.0698. The number of amides is 2. The van der Waals surface area contributed by atoms with E-state index >= 15 is 0 Å². The maximum Gasteiger partial charge on any atom is 0.337 e. The van der Waals surface area contributed by atoms with Gasteiger partial charge in [0.05, 0.1) is 29.1 Å². The largest absolute Gasteiger partial charge is 0.490 e. The number of nitrogens with one attached hydrogen (secondary N) is 1. The van der Waals surface area contributed by atoms with Crippen LogP contribution in [0.1, 0.15) is 67.2 Å². The molecule has 0 saturated heterocycles. The Labute approximate surface area is 206 Å². The van der Waals surface area contributed by atoms with Crippen LogP contribution < -0.4 is 14.8 Å². The number of rotatable bonds is 5. The van der Waals surface area contributed by atoms with Gasteiger partial charge in [0.1, 0.15) is 5.60 Å². The summed E-state index contributed by atoms with van der Waals surface area (Å²) >= 11 is 0. The number of hydrogen-bond acceptors (Lipinski definition) is 5. The van der Waals surface area contributed by atoms with Gasteiger partial charge in [0.15, 0.2) is 11.5 Å². The van der Waals surface area contributed by atoms with E-state index in [0.29, 0.717) is 13.0 Å². The number of carboxylic acid groups (broad SMARTS) is 1. The molecule has 2 amide bonds. The number of carboxylic acids is 1. The Morgan fingerprint density at radius 2 is 1.89 bits per heavy atom. The van der Waals surface area contributed by atoms with Crippen LogP contribution in [-0.2, 0) is 12.8 Å². The molecule has 0 spiro atoms. The van der Waals surface area contributed by atoms with Gasteiger partial charge >= 0.3 is 12.0 Å². The number of nitrogens with zero attached hydrogens (tertiary/aromatic N) is 2. The van der Waals surface area contributed by atoms with Gasteiger partial charge in [-0.25, -0.2) is 9.59 Å². The average Bonchev–Trinajstić information content (AvgIpc) is 3.07. The van der Waals surface area contributed by atoms with Crippen molar-refractivity contribution in [3.05, 3.63) is 52.1 Å². The summed E-state index contributed by atoms with van der Waals surface area (Å²) in [6.07, 6.45) is 1.43. The highest BCUT2D eigenvalue weighted by Gasteiger charge is 2.40. The minimum absolute atomic E-state index is 0.0150. The highest BCUT2D eigenvalue weighted by atomic mass is 16.5. The molecule has 186 valence electrons. The van der Waals surface area contributed by atoms with E-state index in [2.05, 4.69) is 39.1 Å². The van der Waals surface area contributed by atoms with Crippen molar-refractivity contribution >= 4 is 23.4 Å². The number of hydrogen-bond donors (Lipinski definition) is 2. The molecule has 0 radical (unpaired) electrons. The van der Waals surface area contributed by atoms with Crippen molar-refractivity contribution in [2.24, 2.45) is 4.99 Å². The molecular formula is C27H33N3O5. The molecule has 8 heteroatoms. The van der Waals surface area contributed by atoms with Crippen LogP contribution in [0.15, 0.2) is 29.3 Å². The lowest BCUT2D eigenvalue weighted by Gasteiger charge is -2.31. The van der Waals surface area contributed by atoms with E-state index in [1.165, 1.54) is 11.0 Å². The summed E-state index contributed by atoms with van der Waals surface area (Å²) in [5.41, 5.74) is 4.12. The van der Waals surface area contributed by atoms with Crippen LogP contribution in [0.3, 0.4) is 0 Å². The molecule has 0 bridgehead atoms. The predicted molar refractivity (Wildman–Crippen MR) is 136 cm³/mol. The number of anilines is 1. The molecule has 2 aromatic rings. The van der Waals surface area contributed by atoms with E-state index in [0.717, 1.165) is 45.9 Å². The fourth-order valence-corrected chi connectivity index (χ4v) is 4.75. The number of urea groups is 1. The summed E-state index contributed by atoms with van der Waals surface area (Å²) in [6.45, 7) is 10.7. The van der Waals surface area contributed by atoms with Gasteiger partial charge in [0.2, 0.25) is 0 Å². The van der Waals surface area contributed by atoms with Crippen molar-refractivity contribution in [2.75, 3.05) is 26.0 Å². The monoisotopic (exact) mass is 479 g/mol. The summed E-state index contributed by atoms with van der Waals surface area (Å²) < 4.78 is 12.3. The van der Waals surface area contributed by atoms with E-state index in [-0.39, 0.29) is 22.4 Å². The van der Waals surface area contributed by atoms with Crippen LogP contribution in [-0.4, -0.2) is 59.6 Å². The normalized spacial score (nSPS) is 16.9. The number of carbonyl (C=O) groups is 2. The maximum atomic E-state index is 12.4. The van der Waals surface area contributed by atoms with Crippen LogP contribution in [0.5, 0.6) is 11.5 Å². The lowest BCUT2D eigenvalue weighted by Crippen LogP contribution is -2.31. The molecular weight excluding hydrogens is 446 g/mol. The lowest BCUT2D eigenvalue weighted by atomic mass is 9.80. The van der Waals surface area contributed by atoms with Crippen molar-refractivity contribution in [3.63, 3.8) is 0 Å². The van der Waals surface area contributed by atoms with Crippen molar-refractivity contribution in [1.82, 2.24) is 4.90 Å². The molecule has 0 saturated carbocycles. The van der Waals surface area contributed by atoms with Crippen LogP contribution in [0.25, 0.3) is 0 Å². The first-order valence-electron chi connectivity index (χ1n) is 11.8. The van der Waals surface area contributed by atoms with Gasteiger partial charge in [-0.15, -0.1) is 0 Å². The first-order valence-corrected chi connectivity index (χ1v) is 11.8. The molecule has 2 heterocycles. The van der Waals surface area contributed by atoms with Gasteiger partial charge in [-0.3, -0.25) is 4.99 Å². The van der Waals surface area contributed by atoms with Gasteiger partial charge in [-0.1, -0.05) is 6.07 Å². The Kier molecular flexibility index (Phi) is 6.03. The van der Waals surface area contributed by atoms with Gasteiger partial charge in [0, 0.05) is 37.2 Å². The highest BCUT2D eigenvalue weighted by Crippen LogP contribution is 2.48. The fraction of sp³-hybridized carbons (Fsp3) is 0.444. The van der Waals surface area contributed by atoms with Crippen LogP contribution in [0.2, 0.25) is 0 Å². The third kappa shape index (κ3) is 4.70. The summed E-state index contributed by atoms with van der Waals surface area (Å²) in [5, 5.41) is 12.4. The van der Waals surface area contributed by atoms with E-state index in [1.807, 2.05) is 6.92 Å². The second-order valence-electron chi connectivity index (χ2n) is 10.5. The van der Waals surface area contributed by atoms with Crippen LogP contribution >= 0.6 is 0 Å². The van der Waals surface area contributed by atoms with Crippen molar-refractivity contribution < 1.29 is 24.2 Å². The Morgan fingerprint density at radius 3 is 2.51 bits per heavy atom. The third-order valence-electron chi connectivity index (χ3n) is 6.15. The number of ether oxygens (including phenoxy) is 2. The zero-order chi connectivity index (χ0) is 25.7. The second kappa shape index (κ2) is 8.59. The molecule has 0 fully saturated rings. The van der Waals surface area contributed by atoms with Gasteiger partial charge in [-0.2, -0.15) is 0 Å². The minimum Gasteiger partial charge on any atom is -0.490 e. The molecule has 2 aliphatic heterocycles. The Hall–Kier alpha value is -3.55. The fourth-order valence-electron chi connectivity index (χ4n) is 4.75. The smallest absolute Gasteiger partial charge is 0.337 e. The molecule has 35 heavy (non-hydrogen) atoms. The van der Waals surface area contributed by atoms with E-state index < -0.39 is 12.0 Å². The zero-order valence-corrected chi connectivity index (χ0v) is 21.4. The minimum atomic E-state index is -1.12. The molecule has 0 unspecified atom stereocenters. The van der Waals surface area contributed by atoms with Gasteiger partial charge in [-0.05, 0) is 64.8 Å². The summed E-state index contributed by atoms with van der Waals surface area (Å²) in [5.74, 6) is 0.365. The summed E-state index contributed by atoms with van der Waals surface area (Å²) in [7, 11) is 3.20. The van der Waals surface area contributed by atoms with Crippen molar-refractivity contribution in [3.8, 4) is 11.5 Å². The highest BCUT2D eigenvalue weighted by molar-refractivity contribution is 6.17. The number of aromatic carboxylic acids is 1. The molecule has 4 rings (SSSR count). The topological polar surface area (TPSA) is 100 Å². The summed E-state index contributed by atoms with van der Waals surface area (Å²) in [6, 6.07) is 6.60. The molecule has 0 atom stereocenters. The summed E-state index contributed by atoms with van der Waals surface area (Å²) in [4.78, 5) is 30.7. The quantitative estimate of drug-likeness (QED) is 0.644. The van der Waals surface area contributed by atoms with Crippen molar-refractivity contribution in [1.29, 1.82) is 0 Å². The Balaban J connectivity index is 1.93. The third-order valence-corrected chi connectivity index (χ3v) is 6.15. The van der Waals surface area contributed by atoms with Gasteiger partial charge in [0.25, 0.3) is 0 Å². The zero-order valence-electron chi connectivity index (χ0n) is 21.4. The average molecular weight is 480 g/mol. The molecule has 8 nitrogen and oxygen atoms in total. The molecule has 0 aromatic heterocycles. The SMILES string of the molecule is CCOc1cc2c(c3c1OC(C)(C)C3)C(c1ccc(C(=O)O)c(NC(=O)N(C)C)c1)=NC(C)(C)C2. The molecule has 2 aliphatic rings. The van der Waals surface area contributed by atoms with Crippen LogP contribution in [0, 0.1) is 0 Å². The number of benzene rings is 2. The number of fused-ring (bicyclic) bond motifs is 3. The second-order valence-corrected chi connectivity index (χ2v) is 10.5. The molecule has 0 aliphatic carbocycles. The van der Waals surface area contributed by atoms with E-state index in [1.54, 1.807) is 26.2 Å². The van der Waals surface area contributed by atoms with E-state index in [4.69, 9.17) is 14.5 Å². The van der Waals surface area contributed by atoms with Crippen molar-refractivity contribution in [2.45, 2.75) is 58.6 Å². The first-order chi connectivity index (χ1) is 16.3. The Bertz CT molecular complexity index is 1240. The predicted octanol–water partition coefficient (Wildman–Crippen LogP) is 4.76. The standard InChI is InChI=1S/C27H33N3O5/c1-8-34-20-12-16-13-26(2,3)29-22(21(16)18-14-27(4,5)35-23(18)20)15-9-10-17(24(31)32)19(11-15)28-25(33)30(6)7/h9-12H,8,13-14H2,1-7H3,(H,28,33)(H,31,32). The maximum absolute atomic E-state index is 12.4. The van der Waals surface area contributed by atoms with Gasteiger partial charge < -0.3 is 24.8 Å².